The molecule has 0 amide bonds. The maximum Gasteiger partial charge on any atom is 0.321 e. The molecule has 0 spiro atoms. The molecule has 1 aromatic rings. The van der Waals surface area contributed by atoms with Crippen LogP contribution in [0.2, 0.25) is 0 Å². The van der Waals surface area contributed by atoms with E-state index in [2.05, 4.69) is 0 Å². The van der Waals surface area contributed by atoms with E-state index in [4.69, 9.17) is 10.00 Å². The minimum Gasteiger partial charge on any atom is -0.462 e. The van der Waals surface area contributed by atoms with Gasteiger partial charge in [0.1, 0.15) is 11.9 Å². The molecule has 0 bridgehead atoms. The predicted octanol–water partition coefficient (Wildman–Crippen LogP) is 1.96. The Morgan fingerprint density at radius 1 is 1.29 bits per heavy atom. The summed E-state index contributed by atoms with van der Waals surface area (Å²) in [5.41, 5.74) is 0.721. The summed E-state index contributed by atoms with van der Waals surface area (Å²) >= 11 is 0. The largest absolute Gasteiger partial charge is 0.462 e. The third kappa shape index (κ3) is 4.57. The highest BCUT2D eigenvalue weighted by atomic mass is 32.2. The quantitative estimate of drug-likeness (QED) is 0.776. The Bertz CT molecular complexity index is 654. The second-order valence-electron chi connectivity index (χ2n) is 5.20. The molecule has 1 saturated carbocycles. The van der Waals surface area contributed by atoms with E-state index >= 15 is 0 Å². The molecule has 0 unspecified atom stereocenters. The highest BCUT2D eigenvalue weighted by Crippen LogP contribution is 2.21. The molecule has 1 aliphatic rings. The van der Waals surface area contributed by atoms with Gasteiger partial charge in [-0.2, -0.15) is 5.26 Å². The average molecular weight is 307 g/mol. The lowest BCUT2D eigenvalue weighted by Gasteiger charge is -2.11. The molecule has 0 saturated heterocycles. The molecule has 6 heteroatoms. The standard InChI is InChI=1S/C15H17NO4S/c16-9-12-5-1-2-6-13(12)10-21(18,19)11-15(17)20-14-7-3-4-8-14/h1-2,5-6,14H,3-4,7-8,10-11H2. The number of carbonyl (C=O) groups excluding carboxylic acids is 1. The van der Waals surface area contributed by atoms with Gasteiger partial charge in [0.15, 0.2) is 9.84 Å². The maximum absolute atomic E-state index is 12.0. The molecule has 5 nitrogen and oxygen atoms in total. The minimum atomic E-state index is -3.63. The first kappa shape index (κ1) is 15.5. The van der Waals surface area contributed by atoms with Gasteiger partial charge in [0.25, 0.3) is 0 Å². The van der Waals surface area contributed by atoms with E-state index in [0.29, 0.717) is 11.1 Å². The molecule has 1 fully saturated rings. The molecular weight excluding hydrogens is 290 g/mol. The lowest BCUT2D eigenvalue weighted by atomic mass is 10.1. The third-order valence-corrected chi connectivity index (χ3v) is 4.88. The lowest BCUT2D eigenvalue weighted by molar-refractivity contribution is -0.145. The topological polar surface area (TPSA) is 84.2 Å². The number of hydrogen-bond donors (Lipinski definition) is 0. The molecule has 0 N–H and O–H groups in total. The third-order valence-electron chi connectivity index (χ3n) is 3.45. The Hall–Kier alpha value is -1.87. The van der Waals surface area contributed by atoms with E-state index in [1.54, 1.807) is 24.3 Å². The molecule has 112 valence electrons. The highest BCUT2D eigenvalue weighted by Gasteiger charge is 2.24. The molecule has 21 heavy (non-hydrogen) atoms. The highest BCUT2D eigenvalue weighted by molar-refractivity contribution is 7.91. The van der Waals surface area contributed by atoms with Crippen LogP contribution < -0.4 is 0 Å². The second-order valence-corrected chi connectivity index (χ2v) is 7.26. The summed E-state index contributed by atoms with van der Waals surface area (Å²) in [4.78, 5) is 11.7. The summed E-state index contributed by atoms with van der Waals surface area (Å²) < 4.78 is 29.2. The minimum absolute atomic E-state index is 0.140. The van der Waals surface area contributed by atoms with Crippen LogP contribution in [0.25, 0.3) is 0 Å². The van der Waals surface area contributed by atoms with E-state index in [-0.39, 0.29) is 11.9 Å². The van der Waals surface area contributed by atoms with Crippen molar-refractivity contribution in [2.45, 2.75) is 37.5 Å². The van der Waals surface area contributed by atoms with Crippen molar-refractivity contribution in [2.24, 2.45) is 0 Å². The van der Waals surface area contributed by atoms with Crippen LogP contribution in [0.1, 0.15) is 36.8 Å². The van der Waals surface area contributed by atoms with Gasteiger partial charge in [0, 0.05) is 0 Å². The van der Waals surface area contributed by atoms with Crippen molar-refractivity contribution in [2.75, 3.05) is 5.75 Å². The molecule has 0 heterocycles. The number of esters is 1. The Kier molecular flexibility index (Phi) is 4.97. The average Bonchev–Trinajstić information content (AvgIpc) is 2.90. The fourth-order valence-electron chi connectivity index (χ4n) is 2.45. The van der Waals surface area contributed by atoms with Crippen LogP contribution in [-0.2, 0) is 25.1 Å². The summed E-state index contributed by atoms with van der Waals surface area (Å²) in [5, 5.41) is 8.95. The van der Waals surface area contributed by atoms with Gasteiger partial charge >= 0.3 is 5.97 Å². The number of nitrogens with zero attached hydrogens (tertiary/aromatic N) is 1. The Morgan fingerprint density at radius 3 is 2.62 bits per heavy atom. The predicted molar refractivity (Wildman–Crippen MR) is 77.0 cm³/mol. The van der Waals surface area contributed by atoms with Crippen LogP contribution in [0.5, 0.6) is 0 Å². The van der Waals surface area contributed by atoms with Crippen molar-refractivity contribution in [3.63, 3.8) is 0 Å². The van der Waals surface area contributed by atoms with Gasteiger partial charge < -0.3 is 4.74 Å². The first-order valence-electron chi connectivity index (χ1n) is 6.88. The summed E-state index contributed by atoms with van der Waals surface area (Å²) in [5.74, 6) is -1.66. The Balaban J connectivity index is 1.98. The van der Waals surface area contributed by atoms with Gasteiger partial charge in [-0.15, -0.1) is 0 Å². The lowest BCUT2D eigenvalue weighted by Crippen LogP contribution is -2.24. The van der Waals surface area contributed by atoms with E-state index in [0.717, 1.165) is 25.7 Å². The Labute approximate surface area is 124 Å². The van der Waals surface area contributed by atoms with Crippen molar-refractivity contribution in [1.29, 1.82) is 5.26 Å². The maximum atomic E-state index is 12.0. The van der Waals surface area contributed by atoms with Crippen molar-refractivity contribution < 1.29 is 17.9 Å². The monoisotopic (exact) mass is 307 g/mol. The second kappa shape index (κ2) is 6.72. The van der Waals surface area contributed by atoms with E-state index in [1.807, 2.05) is 6.07 Å². The molecular formula is C15H17NO4S. The number of benzene rings is 1. The van der Waals surface area contributed by atoms with Crippen LogP contribution in [0.3, 0.4) is 0 Å². The number of hydrogen-bond acceptors (Lipinski definition) is 5. The molecule has 0 atom stereocenters. The normalized spacial score (nSPS) is 15.6. The molecule has 2 rings (SSSR count). The number of sulfone groups is 1. The zero-order valence-corrected chi connectivity index (χ0v) is 12.4. The fourth-order valence-corrected chi connectivity index (χ4v) is 3.70. The van der Waals surface area contributed by atoms with E-state index in [1.165, 1.54) is 0 Å². The number of nitriles is 1. The van der Waals surface area contributed by atoms with Gasteiger partial charge in [0.05, 0.1) is 17.4 Å². The van der Waals surface area contributed by atoms with Crippen molar-refractivity contribution >= 4 is 15.8 Å². The molecule has 0 aromatic heterocycles. The van der Waals surface area contributed by atoms with Crippen molar-refractivity contribution in [1.82, 2.24) is 0 Å². The summed E-state index contributed by atoms with van der Waals surface area (Å²) in [6.45, 7) is 0. The van der Waals surface area contributed by atoms with Gasteiger partial charge in [-0.25, -0.2) is 8.42 Å². The van der Waals surface area contributed by atoms with Crippen LogP contribution >= 0.6 is 0 Å². The number of rotatable bonds is 5. The summed E-state index contributed by atoms with van der Waals surface area (Å²) in [6.07, 6.45) is 3.51. The SMILES string of the molecule is N#Cc1ccccc1CS(=O)(=O)CC(=O)OC1CCCC1. The van der Waals surface area contributed by atoms with Crippen LogP contribution in [0, 0.1) is 11.3 Å². The fraction of sp³-hybridized carbons (Fsp3) is 0.467. The molecule has 1 aliphatic carbocycles. The number of ether oxygens (including phenoxy) is 1. The first-order valence-corrected chi connectivity index (χ1v) is 8.70. The number of carbonyl (C=O) groups is 1. The van der Waals surface area contributed by atoms with Gasteiger partial charge in [-0.05, 0) is 37.3 Å². The van der Waals surface area contributed by atoms with Crippen LogP contribution in [0.4, 0.5) is 0 Å². The molecule has 1 aromatic carbocycles. The zero-order valence-electron chi connectivity index (χ0n) is 11.6. The van der Waals surface area contributed by atoms with Gasteiger partial charge in [0.2, 0.25) is 0 Å². The van der Waals surface area contributed by atoms with E-state index in [9.17, 15) is 13.2 Å². The molecule has 0 aliphatic heterocycles. The summed E-state index contributed by atoms with van der Waals surface area (Å²) in [6, 6.07) is 8.43. The van der Waals surface area contributed by atoms with Gasteiger partial charge in [-0.3, -0.25) is 4.79 Å². The smallest absolute Gasteiger partial charge is 0.321 e. The van der Waals surface area contributed by atoms with Crippen LogP contribution in [0.15, 0.2) is 24.3 Å². The van der Waals surface area contributed by atoms with Gasteiger partial charge in [-0.1, -0.05) is 18.2 Å². The Morgan fingerprint density at radius 2 is 1.95 bits per heavy atom. The van der Waals surface area contributed by atoms with Crippen molar-refractivity contribution in [3.05, 3.63) is 35.4 Å². The first-order chi connectivity index (χ1) is 10.00. The van der Waals surface area contributed by atoms with Crippen LogP contribution in [-0.4, -0.2) is 26.2 Å². The zero-order chi connectivity index (χ0) is 15.3. The molecule has 0 radical (unpaired) electrons. The summed E-state index contributed by atoms with van der Waals surface area (Å²) in [7, 11) is -3.63. The van der Waals surface area contributed by atoms with Crippen molar-refractivity contribution in [3.8, 4) is 6.07 Å². The van der Waals surface area contributed by atoms with E-state index < -0.39 is 21.6 Å².